The molecule has 0 aliphatic carbocycles. The van der Waals surface area contributed by atoms with Crippen molar-refractivity contribution in [2.75, 3.05) is 0 Å². The van der Waals surface area contributed by atoms with Gasteiger partial charge in [-0.2, -0.15) is 0 Å². The number of nitrogens with two attached hydrogens (primary N) is 1. The van der Waals surface area contributed by atoms with Crippen LogP contribution in [0.3, 0.4) is 0 Å². The number of aromatic nitrogens is 1. The van der Waals surface area contributed by atoms with Gasteiger partial charge in [-0.25, -0.2) is 0 Å². The average molecular weight is 294 g/mol. The Morgan fingerprint density at radius 1 is 1.38 bits per heavy atom. The van der Waals surface area contributed by atoms with Crippen LogP contribution in [0.25, 0.3) is 0 Å². The van der Waals surface area contributed by atoms with Crippen molar-refractivity contribution >= 4 is 5.97 Å². The first kappa shape index (κ1) is 17.6. The Morgan fingerprint density at radius 2 is 2.00 bits per heavy atom. The normalized spacial score (nSPS) is 16.4. The predicted molar refractivity (Wildman–Crippen MR) is 81.1 cm³/mol. The highest BCUT2D eigenvalue weighted by molar-refractivity contribution is 5.74. The van der Waals surface area contributed by atoms with E-state index in [-0.39, 0.29) is 11.6 Å². The van der Waals surface area contributed by atoms with Crippen LogP contribution in [0.5, 0.6) is 0 Å². The van der Waals surface area contributed by atoms with Gasteiger partial charge in [-0.15, -0.1) is 0 Å². The molecule has 0 fully saturated rings. The van der Waals surface area contributed by atoms with Crippen molar-refractivity contribution in [2.45, 2.75) is 52.4 Å². The van der Waals surface area contributed by atoms with Gasteiger partial charge in [0.05, 0.1) is 5.69 Å². The number of rotatable bonds is 5. The van der Waals surface area contributed by atoms with Crippen molar-refractivity contribution in [1.82, 2.24) is 4.98 Å². The third-order valence-corrected chi connectivity index (χ3v) is 3.00. The second-order valence-corrected chi connectivity index (χ2v) is 6.76. The zero-order valence-corrected chi connectivity index (χ0v) is 13.5. The summed E-state index contributed by atoms with van der Waals surface area (Å²) in [7, 11) is 0. The van der Waals surface area contributed by atoms with Gasteiger partial charge >= 0.3 is 5.97 Å². The minimum absolute atomic E-state index is 0.182. The smallest absolute Gasteiger partial charge is 0.314 e. The van der Waals surface area contributed by atoms with E-state index in [1.165, 1.54) is 6.20 Å². The van der Waals surface area contributed by atoms with E-state index in [0.717, 1.165) is 0 Å². The highest BCUT2D eigenvalue weighted by Gasteiger charge is 2.43. The summed E-state index contributed by atoms with van der Waals surface area (Å²) in [5.74, 6) is -1.19. The van der Waals surface area contributed by atoms with Gasteiger partial charge in [0, 0.05) is 6.20 Å². The third-order valence-electron chi connectivity index (χ3n) is 3.00. The van der Waals surface area contributed by atoms with Crippen LogP contribution in [0.4, 0.5) is 0 Å². The Hall–Kier alpha value is -1.46. The number of carbonyl (C=O) groups is 1. The maximum Gasteiger partial charge on any atom is 0.314 e. The largest absolute Gasteiger partial charge is 0.460 e. The first-order valence-electron chi connectivity index (χ1n) is 7.19. The molecule has 5 nitrogen and oxygen atoms in total. The van der Waals surface area contributed by atoms with Crippen LogP contribution in [-0.4, -0.2) is 21.7 Å². The molecule has 0 saturated carbocycles. The molecule has 0 amide bonds. The Kier molecular flexibility index (Phi) is 5.48. The third kappa shape index (κ3) is 5.10. The van der Waals surface area contributed by atoms with Gasteiger partial charge in [0.1, 0.15) is 11.5 Å². The number of pyridine rings is 1. The molecule has 0 aliphatic heterocycles. The standard InChI is InChI=1S/C16H26N2O3/c1-11(2)10-12(14(19)21-15(3,4)5)16(17,20)13-8-6-7-9-18-13/h6-9,11-12,20H,10,17H2,1-5H3/t12?,16-/m0/s1. The lowest BCUT2D eigenvalue weighted by Crippen LogP contribution is -2.50. The molecular weight excluding hydrogens is 268 g/mol. The van der Waals surface area contributed by atoms with Crippen LogP contribution in [0.15, 0.2) is 24.4 Å². The van der Waals surface area contributed by atoms with Crippen LogP contribution in [0.1, 0.15) is 46.7 Å². The van der Waals surface area contributed by atoms with Crippen LogP contribution < -0.4 is 5.73 Å². The maximum atomic E-state index is 12.4. The predicted octanol–water partition coefficient (Wildman–Crippen LogP) is 2.19. The molecule has 0 aromatic carbocycles. The molecular formula is C16H26N2O3. The van der Waals surface area contributed by atoms with Crippen LogP contribution in [0.2, 0.25) is 0 Å². The fraction of sp³-hybridized carbons (Fsp3) is 0.625. The van der Waals surface area contributed by atoms with Crippen molar-refractivity contribution < 1.29 is 14.6 Å². The minimum atomic E-state index is -1.85. The van der Waals surface area contributed by atoms with Crippen molar-refractivity contribution in [3.05, 3.63) is 30.1 Å². The molecule has 3 N–H and O–H groups in total. The molecule has 5 heteroatoms. The molecule has 1 heterocycles. The molecule has 0 bridgehead atoms. The van der Waals surface area contributed by atoms with Crippen LogP contribution in [-0.2, 0) is 15.3 Å². The lowest BCUT2D eigenvalue weighted by atomic mass is 9.85. The van der Waals surface area contributed by atoms with Crippen molar-refractivity contribution in [2.24, 2.45) is 17.6 Å². The molecule has 0 spiro atoms. The Morgan fingerprint density at radius 3 is 2.43 bits per heavy atom. The number of nitrogens with zero attached hydrogens (tertiary/aromatic N) is 1. The van der Waals surface area contributed by atoms with Crippen molar-refractivity contribution in [3.63, 3.8) is 0 Å². The fourth-order valence-corrected chi connectivity index (χ4v) is 2.08. The number of ether oxygens (including phenoxy) is 1. The topological polar surface area (TPSA) is 85.4 Å². The summed E-state index contributed by atoms with van der Waals surface area (Å²) in [4.78, 5) is 16.5. The molecule has 1 unspecified atom stereocenters. The summed E-state index contributed by atoms with van der Waals surface area (Å²) < 4.78 is 5.40. The van der Waals surface area contributed by atoms with Gasteiger partial charge < -0.3 is 9.84 Å². The number of hydrogen-bond acceptors (Lipinski definition) is 5. The van der Waals surface area contributed by atoms with E-state index in [2.05, 4.69) is 4.98 Å². The summed E-state index contributed by atoms with van der Waals surface area (Å²) in [5, 5.41) is 10.7. The Labute approximate surface area is 126 Å². The lowest BCUT2D eigenvalue weighted by Gasteiger charge is -2.33. The van der Waals surface area contributed by atoms with Gasteiger partial charge in [0.15, 0.2) is 5.72 Å². The lowest BCUT2D eigenvalue weighted by molar-refractivity contribution is -0.172. The molecule has 2 atom stereocenters. The van der Waals surface area contributed by atoms with E-state index in [0.29, 0.717) is 6.42 Å². The molecule has 1 aromatic rings. The van der Waals surface area contributed by atoms with Crippen molar-refractivity contribution in [3.8, 4) is 0 Å². The van der Waals surface area contributed by atoms with Crippen LogP contribution >= 0.6 is 0 Å². The molecule has 0 radical (unpaired) electrons. The number of esters is 1. The van der Waals surface area contributed by atoms with Gasteiger partial charge in [-0.05, 0) is 45.2 Å². The minimum Gasteiger partial charge on any atom is -0.460 e. The van der Waals surface area contributed by atoms with E-state index >= 15 is 0 Å². The molecule has 1 aromatic heterocycles. The molecule has 0 aliphatic rings. The van der Waals surface area contributed by atoms with Gasteiger partial charge in [-0.3, -0.25) is 15.5 Å². The quantitative estimate of drug-likeness (QED) is 0.642. The van der Waals surface area contributed by atoms with E-state index in [1.807, 2.05) is 13.8 Å². The zero-order valence-electron chi connectivity index (χ0n) is 13.5. The molecule has 21 heavy (non-hydrogen) atoms. The SMILES string of the molecule is CC(C)CC(C(=O)OC(C)(C)C)[C@](N)(O)c1ccccn1. The Bertz CT molecular complexity index is 464. The Balaban J connectivity index is 3.09. The summed E-state index contributed by atoms with van der Waals surface area (Å²) in [6, 6.07) is 5.06. The monoisotopic (exact) mass is 294 g/mol. The second-order valence-electron chi connectivity index (χ2n) is 6.76. The van der Waals surface area contributed by atoms with Gasteiger partial charge in [-0.1, -0.05) is 19.9 Å². The summed E-state index contributed by atoms with van der Waals surface area (Å²) in [5.41, 5.74) is 3.82. The number of hydrogen-bond donors (Lipinski definition) is 2. The van der Waals surface area contributed by atoms with E-state index < -0.39 is 23.2 Å². The van der Waals surface area contributed by atoms with Gasteiger partial charge in [0.2, 0.25) is 0 Å². The average Bonchev–Trinajstić information content (AvgIpc) is 2.34. The first-order valence-corrected chi connectivity index (χ1v) is 7.19. The maximum absolute atomic E-state index is 12.4. The van der Waals surface area contributed by atoms with Crippen molar-refractivity contribution in [1.29, 1.82) is 0 Å². The van der Waals surface area contributed by atoms with E-state index in [1.54, 1.807) is 39.0 Å². The highest BCUT2D eigenvalue weighted by Crippen LogP contribution is 2.30. The second kappa shape index (κ2) is 6.54. The fourth-order valence-electron chi connectivity index (χ4n) is 2.08. The van der Waals surface area contributed by atoms with Gasteiger partial charge in [0.25, 0.3) is 0 Å². The van der Waals surface area contributed by atoms with Crippen LogP contribution in [0, 0.1) is 11.8 Å². The zero-order chi connectivity index (χ0) is 16.3. The molecule has 118 valence electrons. The summed E-state index contributed by atoms with van der Waals surface area (Å²) in [6.07, 6.45) is 1.95. The van der Waals surface area contributed by atoms with E-state index in [4.69, 9.17) is 10.5 Å². The molecule has 0 saturated heterocycles. The number of carbonyl (C=O) groups excluding carboxylic acids is 1. The summed E-state index contributed by atoms with van der Waals surface area (Å²) >= 11 is 0. The molecule has 1 rings (SSSR count). The van der Waals surface area contributed by atoms with E-state index in [9.17, 15) is 9.90 Å². The summed E-state index contributed by atoms with van der Waals surface area (Å²) in [6.45, 7) is 9.28. The first-order chi connectivity index (χ1) is 9.54. The number of aliphatic hydroxyl groups is 1. The highest BCUT2D eigenvalue weighted by atomic mass is 16.6.